The summed E-state index contributed by atoms with van der Waals surface area (Å²) >= 11 is 0. The van der Waals surface area contributed by atoms with Gasteiger partial charge in [0.25, 0.3) is 0 Å². The molecule has 114 valence electrons. The molecular formula is C14H21BN2O4. The number of aliphatic carboxylic acids is 1. The molecule has 2 heterocycles. The third-order valence-electron chi connectivity index (χ3n) is 4.27. The van der Waals surface area contributed by atoms with Gasteiger partial charge in [0.2, 0.25) is 0 Å². The molecular weight excluding hydrogens is 271 g/mol. The number of rotatable bonds is 4. The standard InChI is InChI=1S/C14H21BN2O4/c1-13(2)14(3,4)21-15(20-13)10(8-11(18)19)9-6-5-7-17-12(9)16/h5-7,10H,8H2,1-4H3,(H2,16,17)(H,18,19). The number of nitrogen functional groups attached to an aromatic ring is 1. The fraction of sp³-hybridized carbons (Fsp3) is 0.571. The zero-order valence-electron chi connectivity index (χ0n) is 12.8. The molecule has 1 aromatic heterocycles. The first-order chi connectivity index (χ1) is 9.64. The zero-order valence-corrected chi connectivity index (χ0v) is 12.8. The Morgan fingerprint density at radius 1 is 1.38 bits per heavy atom. The summed E-state index contributed by atoms with van der Waals surface area (Å²) in [6.07, 6.45) is 1.44. The minimum absolute atomic E-state index is 0.132. The summed E-state index contributed by atoms with van der Waals surface area (Å²) in [6, 6.07) is 3.49. The topological polar surface area (TPSA) is 94.7 Å². The first-order valence-corrected chi connectivity index (χ1v) is 6.92. The maximum absolute atomic E-state index is 11.2. The Hall–Kier alpha value is -1.60. The number of anilines is 1. The number of carbonyl (C=O) groups is 1. The molecule has 0 saturated carbocycles. The molecule has 2 rings (SSSR count). The Bertz CT molecular complexity index is 532. The molecule has 0 bridgehead atoms. The summed E-state index contributed by atoms with van der Waals surface area (Å²) in [5.74, 6) is -1.13. The van der Waals surface area contributed by atoms with Crippen LogP contribution in [-0.4, -0.2) is 34.4 Å². The second kappa shape index (κ2) is 5.31. The van der Waals surface area contributed by atoms with Crippen molar-refractivity contribution in [2.45, 2.75) is 51.1 Å². The second-order valence-corrected chi connectivity index (χ2v) is 6.31. The summed E-state index contributed by atoms with van der Waals surface area (Å²) in [7, 11) is -0.669. The van der Waals surface area contributed by atoms with Crippen LogP contribution in [0.2, 0.25) is 0 Å². The lowest BCUT2D eigenvalue weighted by atomic mass is 9.66. The average molecular weight is 292 g/mol. The van der Waals surface area contributed by atoms with Crippen LogP contribution in [0.3, 0.4) is 0 Å². The van der Waals surface area contributed by atoms with E-state index in [0.717, 1.165) is 0 Å². The molecule has 6 nitrogen and oxygen atoms in total. The van der Waals surface area contributed by atoms with Crippen LogP contribution in [0.4, 0.5) is 5.82 Å². The van der Waals surface area contributed by atoms with Crippen molar-refractivity contribution in [2.24, 2.45) is 0 Å². The van der Waals surface area contributed by atoms with Gasteiger partial charge in [-0.15, -0.1) is 0 Å². The molecule has 1 atom stereocenters. The molecule has 0 aliphatic carbocycles. The van der Waals surface area contributed by atoms with Gasteiger partial charge in [0.1, 0.15) is 5.82 Å². The van der Waals surface area contributed by atoms with Crippen LogP contribution in [0, 0.1) is 0 Å². The summed E-state index contributed by atoms with van der Waals surface area (Å²) in [5, 5.41) is 9.18. The van der Waals surface area contributed by atoms with Crippen molar-refractivity contribution < 1.29 is 19.2 Å². The number of carboxylic acid groups (broad SMARTS) is 1. The van der Waals surface area contributed by atoms with E-state index in [9.17, 15) is 9.90 Å². The number of nitrogens with zero attached hydrogens (tertiary/aromatic N) is 1. The third kappa shape index (κ3) is 3.03. The average Bonchev–Trinajstić information content (AvgIpc) is 2.56. The smallest absolute Gasteiger partial charge is 0.466 e. The van der Waals surface area contributed by atoms with E-state index in [0.29, 0.717) is 11.4 Å². The quantitative estimate of drug-likeness (QED) is 0.822. The van der Waals surface area contributed by atoms with E-state index in [2.05, 4.69) is 4.98 Å². The van der Waals surface area contributed by atoms with E-state index in [1.54, 1.807) is 18.3 Å². The number of nitrogens with two attached hydrogens (primary N) is 1. The molecule has 1 aliphatic rings. The van der Waals surface area contributed by atoms with E-state index in [1.165, 1.54) is 0 Å². The highest BCUT2D eigenvalue weighted by Crippen LogP contribution is 2.42. The van der Waals surface area contributed by atoms with E-state index < -0.39 is 30.1 Å². The van der Waals surface area contributed by atoms with Gasteiger partial charge in [-0.1, -0.05) is 6.07 Å². The molecule has 1 saturated heterocycles. The monoisotopic (exact) mass is 292 g/mol. The fourth-order valence-electron chi connectivity index (χ4n) is 2.34. The molecule has 0 aromatic carbocycles. The predicted octanol–water partition coefficient (Wildman–Crippen LogP) is 1.85. The van der Waals surface area contributed by atoms with Crippen molar-refractivity contribution in [3.05, 3.63) is 23.9 Å². The molecule has 0 amide bonds. The normalized spacial score (nSPS) is 21.2. The van der Waals surface area contributed by atoms with Crippen LogP contribution in [0.15, 0.2) is 18.3 Å². The number of aromatic nitrogens is 1. The number of hydrogen-bond acceptors (Lipinski definition) is 5. The van der Waals surface area contributed by atoms with Gasteiger partial charge in [-0.2, -0.15) is 0 Å². The van der Waals surface area contributed by atoms with Crippen molar-refractivity contribution in [1.29, 1.82) is 0 Å². The van der Waals surface area contributed by atoms with Gasteiger partial charge >= 0.3 is 13.1 Å². The summed E-state index contributed by atoms with van der Waals surface area (Å²) in [4.78, 5) is 15.2. The lowest BCUT2D eigenvalue weighted by Crippen LogP contribution is -2.41. The van der Waals surface area contributed by atoms with Gasteiger partial charge in [0.05, 0.1) is 17.6 Å². The van der Waals surface area contributed by atoms with Crippen LogP contribution < -0.4 is 5.73 Å². The molecule has 1 aromatic rings. The molecule has 0 spiro atoms. The van der Waals surface area contributed by atoms with Gasteiger partial charge in [-0.3, -0.25) is 4.79 Å². The minimum Gasteiger partial charge on any atom is -0.481 e. The highest BCUT2D eigenvalue weighted by atomic mass is 16.7. The molecule has 0 radical (unpaired) electrons. The van der Waals surface area contributed by atoms with Crippen molar-refractivity contribution in [2.75, 3.05) is 5.73 Å². The van der Waals surface area contributed by atoms with Crippen molar-refractivity contribution >= 4 is 18.9 Å². The van der Waals surface area contributed by atoms with Crippen molar-refractivity contribution in [3.63, 3.8) is 0 Å². The third-order valence-corrected chi connectivity index (χ3v) is 4.27. The number of pyridine rings is 1. The first kappa shape index (κ1) is 15.8. The van der Waals surface area contributed by atoms with Gasteiger partial charge < -0.3 is 20.1 Å². The Labute approximate surface area is 124 Å². The van der Waals surface area contributed by atoms with Crippen molar-refractivity contribution in [3.8, 4) is 0 Å². The zero-order chi connectivity index (χ0) is 15.8. The minimum atomic E-state index is -0.932. The van der Waals surface area contributed by atoms with Gasteiger partial charge in [-0.05, 0) is 39.3 Å². The molecule has 3 N–H and O–H groups in total. The van der Waals surface area contributed by atoms with E-state index in [4.69, 9.17) is 15.0 Å². The Morgan fingerprint density at radius 3 is 2.43 bits per heavy atom. The van der Waals surface area contributed by atoms with Crippen LogP contribution in [0.25, 0.3) is 0 Å². The second-order valence-electron chi connectivity index (χ2n) is 6.31. The fourth-order valence-corrected chi connectivity index (χ4v) is 2.34. The maximum Gasteiger partial charge on any atom is 0.466 e. The highest BCUT2D eigenvalue weighted by Gasteiger charge is 2.54. The summed E-state index contributed by atoms with van der Waals surface area (Å²) in [5.41, 5.74) is 5.48. The van der Waals surface area contributed by atoms with E-state index in [1.807, 2.05) is 27.7 Å². The van der Waals surface area contributed by atoms with Crippen molar-refractivity contribution in [1.82, 2.24) is 4.98 Å². The SMILES string of the molecule is CC1(C)OB(C(CC(=O)O)c2cccnc2N)OC1(C)C. The number of carboxylic acids is 1. The van der Waals surface area contributed by atoms with Crippen LogP contribution in [-0.2, 0) is 14.1 Å². The summed E-state index contributed by atoms with van der Waals surface area (Å²) in [6.45, 7) is 7.71. The Morgan fingerprint density at radius 2 is 1.95 bits per heavy atom. The molecule has 7 heteroatoms. The van der Waals surface area contributed by atoms with Gasteiger partial charge in [0, 0.05) is 12.0 Å². The molecule has 1 fully saturated rings. The summed E-state index contributed by atoms with van der Waals surface area (Å²) < 4.78 is 11.9. The molecule has 21 heavy (non-hydrogen) atoms. The predicted molar refractivity (Wildman–Crippen MR) is 79.7 cm³/mol. The van der Waals surface area contributed by atoms with Gasteiger partial charge in [0.15, 0.2) is 0 Å². The van der Waals surface area contributed by atoms with Crippen LogP contribution >= 0.6 is 0 Å². The van der Waals surface area contributed by atoms with Crippen LogP contribution in [0.1, 0.15) is 45.5 Å². The maximum atomic E-state index is 11.2. The molecule has 1 unspecified atom stereocenters. The van der Waals surface area contributed by atoms with Gasteiger partial charge in [-0.25, -0.2) is 4.98 Å². The first-order valence-electron chi connectivity index (χ1n) is 6.92. The molecule has 1 aliphatic heterocycles. The van der Waals surface area contributed by atoms with E-state index >= 15 is 0 Å². The Kier molecular flexibility index (Phi) is 3.99. The lowest BCUT2D eigenvalue weighted by Gasteiger charge is -2.32. The largest absolute Gasteiger partial charge is 0.481 e. The highest BCUT2D eigenvalue weighted by molar-refractivity contribution is 6.48. The van der Waals surface area contributed by atoms with Crippen LogP contribution in [0.5, 0.6) is 0 Å². The van der Waals surface area contributed by atoms with E-state index in [-0.39, 0.29) is 6.42 Å². The lowest BCUT2D eigenvalue weighted by molar-refractivity contribution is -0.137. The number of hydrogen-bond donors (Lipinski definition) is 2. The Balaban J connectivity index is 2.35.